The maximum absolute atomic E-state index is 13.2. The fraction of sp³-hybridized carbons (Fsp3) is 0.348. The SMILES string of the molecule is Cc1nc(-c2cccnc2)nc(NCc2ccccc2S(=O)(=O)N2CCCCC2)c1C. The van der Waals surface area contributed by atoms with Crippen LogP contribution >= 0.6 is 0 Å². The highest BCUT2D eigenvalue weighted by Crippen LogP contribution is 2.26. The van der Waals surface area contributed by atoms with Crippen LogP contribution in [0.3, 0.4) is 0 Å². The summed E-state index contributed by atoms with van der Waals surface area (Å²) in [4.78, 5) is 13.8. The van der Waals surface area contributed by atoms with E-state index in [2.05, 4.69) is 20.3 Å². The summed E-state index contributed by atoms with van der Waals surface area (Å²) in [6.07, 6.45) is 6.35. The van der Waals surface area contributed by atoms with Gasteiger partial charge in [0.2, 0.25) is 10.0 Å². The zero-order chi connectivity index (χ0) is 21.8. The van der Waals surface area contributed by atoms with Crippen LogP contribution in [0.25, 0.3) is 11.4 Å². The molecule has 0 saturated carbocycles. The number of aromatic nitrogens is 3. The lowest BCUT2D eigenvalue weighted by Crippen LogP contribution is -2.36. The van der Waals surface area contributed by atoms with Gasteiger partial charge in [0.25, 0.3) is 0 Å². The van der Waals surface area contributed by atoms with Crippen molar-refractivity contribution in [2.24, 2.45) is 0 Å². The fourth-order valence-corrected chi connectivity index (χ4v) is 5.49. The lowest BCUT2D eigenvalue weighted by Gasteiger charge is -2.27. The topological polar surface area (TPSA) is 88.1 Å². The molecule has 3 heterocycles. The molecule has 1 aliphatic rings. The van der Waals surface area contributed by atoms with Crippen molar-refractivity contribution in [3.05, 3.63) is 65.6 Å². The number of hydrogen-bond donors (Lipinski definition) is 1. The van der Waals surface area contributed by atoms with E-state index < -0.39 is 10.0 Å². The second-order valence-electron chi connectivity index (χ2n) is 7.77. The Balaban J connectivity index is 1.61. The number of aryl methyl sites for hydroxylation is 1. The molecule has 7 nitrogen and oxygen atoms in total. The molecule has 2 aromatic heterocycles. The second-order valence-corrected chi connectivity index (χ2v) is 9.68. The van der Waals surface area contributed by atoms with E-state index in [1.165, 1.54) is 0 Å². The first-order valence-electron chi connectivity index (χ1n) is 10.5. The first-order valence-corrected chi connectivity index (χ1v) is 12.0. The number of nitrogens with one attached hydrogen (secondary N) is 1. The molecule has 1 fully saturated rings. The van der Waals surface area contributed by atoms with Crippen LogP contribution < -0.4 is 5.32 Å². The van der Waals surface area contributed by atoms with Crippen molar-refractivity contribution in [3.8, 4) is 11.4 Å². The largest absolute Gasteiger partial charge is 0.366 e. The van der Waals surface area contributed by atoms with Crippen LogP contribution in [-0.4, -0.2) is 40.8 Å². The van der Waals surface area contributed by atoms with Gasteiger partial charge in [0.05, 0.1) is 4.90 Å². The molecular weight excluding hydrogens is 410 g/mol. The summed E-state index contributed by atoms with van der Waals surface area (Å²) in [5.74, 6) is 1.28. The van der Waals surface area contributed by atoms with Crippen LogP contribution in [0.15, 0.2) is 53.7 Å². The molecule has 0 aliphatic carbocycles. The Labute approximate surface area is 183 Å². The molecular formula is C23H27N5O2S. The molecule has 162 valence electrons. The zero-order valence-corrected chi connectivity index (χ0v) is 18.7. The zero-order valence-electron chi connectivity index (χ0n) is 17.9. The molecule has 0 atom stereocenters. The van der Waals surface area contributed by atoms with Gasteiger partial charge >= 0.3 is 0 Å². The number of pyridine rings is 1. The van der Waals surface area contributed by atoms with Crippen molar-refractivity contribution in [1.82, 2.24) is 19.3 Å². The Hall–Kier alpha value is -2.84. The maximum Gasteiger partial charge on any atom is 0.243 e. The van der Waals surface area contributed by atoms with Crippen LogP contribution in [0.5, 0.6) is 0 Å². The van der Waals surface area contributed by atoms with Gasteiger partial charge in [-0.15, -0.1) is 0 Å². The molecule has 31 heavy (non-hydrogen) atoms. The quantitative estimate of drug-likeness (QED) is 0.628. The number of rotatable bonds is 6. The third-order valence-corrected chi connectivity index (χ3v) is 7.66. The van der Waals surface area contributed by atoms with Gasteiger partial charge in [-0.2, -0.15) is 4.31 Å². The molecule has 0 bridgehead atoms. The van der Waals surface area contributed by atoms with E-state index in [4.69, 9.17) is 0 Å². The van der Waals surface area contributed by atoms with E-state index in [1.54, 1.807) is 28.8 Å². The predicted octanol–water partition coefficient (Wildman–Crippen LogP) is 3.94. The average molecular weight is 438 g/mol. The number of benzene rings is 1. The van der Waals surface area contributed by atoms with Crippen molar-refractivity contribution in [2.75, 3.05) is 18.4 Å². The maximum atomic E-state index is 13.2. The first kappa shape index (κ1) is 21.4. The second kappa shape index (κ2) is 9.11. The summed E-state index contributed by atoms with van der Waals surface area (Å²) < 4.78 is 28.1. The first-order chi connectivity index (χ1) is 15.0. The third kappa shape index (κ3) is 4.60. The highest BCUT2D eigenvalue weighted by Gasteiger charge is 2.27. The Bertz CT molecular complexity index is 1160. The summed E-state index contributed by atoms with van der Waals surface area (Å²) in [7, 11) is -3.51. The van der Waals surface area contributed by atoms with E-state index >= 15 is 0 Å². The van der Waals surface area contributed by atoms with Crippen LogP contribution in [0.2, 0.25) is 0 Å². The molecule has 1 aromatic carbocycles. The minimum Gasteiger partial charge on any atom is -0.366 e. The number of nitrogens with zero attached hydrogens (tertiary/aromatic N) is 4. The highest BCUT2D eigenvalue weighted by atomic mass is 32.2. The summed E-state index contributed by atoms with van der Waals surface area (Å²) in [5.41, 5.74) is 3.36. The molecule has 4 rings (SSSR count). The summed E-state index contributed by atoms with van der Waals surface area (Å²) in [5, 5.41) is 3.34. The number of anilines is 1. The van der Waals surface area contributed by atoms with Crippen molar-refractivity contribution < 1.29 is 8.42 Å². The van der Waals surface area contributed by atoms with Crippen molar-refractivity contribution in [1.29, 1.82) is 0 Å². The lowest BCUT2D eigenvalue weighted by atomic mass is 10.2. The number of sulfonamides is 1. The van der Waals surface area contributed by atoms with E-state index in [9.17, 15) is 8.42 Å². The van der Waals surface area contributed by atoms with Crippen molar-refractivity contribution >= 4 is 15.8 Å². The van der Waals surface area contributed by atoms with Crippen molar-refractivity contribution in [3.63, 3.8) is 0 Å². The van der Waals surface area contributed by atoms with E-state index in [-0.39, 0.29) is 0 Å². The van der Waals surface area contributed by atoms with Gasteiger partial charge in [0.15, 0.2) is 5.82 Å². The van der Waals surface area contributed by atoms with E-state index in [1.807, 2.05) is 38.1 Å². The Morgan fingerprint density at radius 2 is 1.77 bits per heavy atom. The van der Waals surface area contributed by atoms with E-state index in [0.717, 1.165) is 41.6 Å². The normalized spacial score (nSPS) is 15.0. The molecule has 0 amide bonds. The van der Waals surface area contributed by atoms with Crippen LogP contribution in [-0.2, 0) is 16.6 Å². The van der Waals surface area contributed by atoms with Gasteiger partial charge < -0.3 is 5.32 Å². The molecule has 8 heteroatoms. The minimum atomic E-state index is -3.51. The molecule has 1 N–H and O–H groups in total. The third-order valence-electron chi connectivity index (χ3n) is 5.66. The van der Waals surface area contributed by atoms with Crippen molar-refractivity contribution in [2.45, 2.75) is 44.6 Å². The van der Waals surface area contributed by atoms with Crippen LogP contribution in [0.1, 0.15) is 36.1 Å². The highest BCUT2D eigenvalue weighted by molar-refractivity contribution is 7.89. The summed E-state index contributed by atoms with van der Waals surface area (Å²) in [6, 6.07) is 11.0. The molecule has 1 saturated heterocycles. The van der Waals surface area contributed by atoms with Gasteiger partial charge in [0, 0.05) is 48.8 Å². The van der Waals surface area contributed by atoms with Gasteiger partial charge in [0.1, 0.15) is 5.82 Å². The number of hydrogen-bond acceptors (Lipinski definition) is 6. The number of piperidine rings is 1. The molecule has 0 radical (unpaired) electrons. The van der Waals surface area contributed by atoms with Gasteiger partial charge in [-0.3, -0.25) is 4.98 Å². The molecule has 3 aromatic rings. The van der Waals surface area contributed by atoms with Gasteiger partial charge in [-0.25, -0.2) is 18.4 Å². The lowest BCUT2D eigenvalue weighted by molar-refractivity contribution is 0.346. The monoisotopic (exact) mass is 437 g/mol. The molecule has 0 spiro atoms. The Morgan fingerprint density at radius 1 is 1.00 bits per heavy atom. The fourth-order valence-electron chi connectivity index (χ4n) is 3.75. The molecule has 0 unspecified atom stereocenters. The smallest absolute Gasteiger partial charge is 0.243 e. The summed E-state index contributed by atoms with van der Waals surface area (Å²) >= 11 is 0. The predicted molar refractivity (Wildman–Crippen MR) is 121 cm³/mol. The Morgan fingerprint density at radius 3 is 2.52 bits per heavy atom. The van der Waals surface area contributed by atoms with E-state index in [0.29, 0.717) is 36.2 Å². The standard InChI is InChI=1S/C23H27N5O2S/c1-17-18(2)26-23(20-10-8-12-24-15-20)27-22(17)25-16-19-9-4-5-11-21(19)31(29,30)28-13-6-3-7-14-28/h4-5,8-12,15H,3,6-7,13-14,16H2,1-2H3,(H,25,26,27). The van der Waals surface area contributed by atoms with Gasteiger partial charge in [-0.05, 0) is 50.5 Å². The molecule has 1 aliphatic heterocycles. The summed E-state index contributed by atoms with van der Waals surface area (Å²) in [6.45, 7) is 5.43. The minimum absolute atomic E-state index is 0.354. The van der Waals surface area contributed by atoms with Crippen LogP contribution in [0, 0.1) is 13.8 Å². The Kier molecular flexibility index (Phi) is 6.29. The average Bonchev–Trinajstić information content (AvgIpc) is 2.81. The van der Waals surface area contributed by atoms with Crippen LogP contribution in [0.4, 0.5) is 5.82 Å². The van der Waals surface area contributed by atoms with Gasteiger partial charge in [-0.1, -0.05) is 24.6 Å².